The Labute approximate surface area is 111 Å². The summed E-state index contributed by atoms with van der Waals surface area (Å²) in [5, 5.41) is 2.07. The summed E-state index contributed by atoms with van der Waals surface area (Å²) in [4.78, 5) is 5.87. The molecule has 100 valence electrons. The average molecular weight is 247 g/mol. The minimum Gasteiger partial charge on any atom is -0.273 e. The van der Waals surface area contributed by atoms with E-state index in [9.17, 15) is 0 Å². The molecule has 0 N–H and O–H groups in total. The Morgan fingerprint density at radius 2 is 2.00 bits per heavy atom. The van der Waals surface area contributed by atoms with Gasteiger partial charge in [0.2, 0.25) is 0 Å². The van der Waals surface area contributed by atoms with E-state index in [4.69, 9.17) is 4.84 Å². The van der Waals surface area contributed by atoms with Crippen molar-refractivity contribution in [1.82, 2.24) is 0 Å². The normalized spacial score (nSPS) is 14.3. The Kier molecular flexibility index (Phi) is 5.06. The Morgan fingerprint density at radius 1 is 1.17 bits per heavy atom. The molecule has 0 atom stereocenters. The SMILES string of the molecule is CC(C)CCCCCON1CCc2ccccc21. The van der Waals surface area contributed by atoms with Gasteiger partial charge in [-0.25, -0.2) is 0 Å². The number of nitrogens with zero attached hydrogens (tertiary/aromatic N) is 1. The molecule has 1 aliphatic rings. The van der Waals surface area contributed by atoms with Gasteiger partial charge in [0.1, 0.15) is 0 Å². The maximum atomic E-state index is 5.87. The minimum absolute atomic E-state index is 0.830. The molecule has 0 bridgehead atoms. The van der Waals surface area contributed by atoms with Crippen LogP contribution in [0.3, 0.4) is 0 Å². The standard InChI is InChI=1S/C16H25NO/c1-14(2)8-4-3-7-13-18-17-12-11-15-9-5-6-10-16(15)17/h5-6,9-10,14H,3-4,7-8,11-13H2,1-2H3. The van der Waals surface area contributed by atoms with Gasteiger partial charge in [-0.1, -0.05) is 51.3 Å². The van der Waals surface area contributed by atoms with E-state index in [1.54, 1.807) is 0 Å². The summed E-state index contributed by atoms with van der Waals surface area (Å²) in [5.74, 6) is 0.830. The topological polar surface area (TPSA) is 12.5 Å². The highest BCUT2D eigenvalue weighted by Gasteiger charge is 2.18. The monoisotopic (exact) mass is 247 g/mol. The molecule has 0 radical (unpaired) electrons. The van der Waals surface area contributed by atoms with Crippen molar-refractivity contribution >= 4 is 5.69 Å². The van der Waals surface area contributed by atoms with E-state index in [2.05, 4.69) is 43.2 Å². The van der Waals surface area contributed by atoms with E-state index >= 15 is 0 Å². The van der Waals surface area contributed by atoms with Crippen molar-refractivity contribution in [3.05, 3.63) is 29.8 Å². The van der Waals surface area contributed by atoms with E-state index in [1.165, 1.54) is 36.9 Å². The van der Waals surface area contributed by atoms with Crippen molar-refractivity contribution in [2.24, 2.45) is 5.92 Å². The number of hydroxylamine groups is 1. The molecule has 18 heavy (non-hydrogen) atoms. The van der Waals surface area contributed by atoms with Crippen LogP contribution in [0.4, 0.5) is 5.69 Å². The van der Waals surface area contributed by atoms with Gasteiger partial charge in [-0.15, -0.1) is 0 Å². The van der Waals surface area contributed by atoms with Gasteiger partial charge >= 0.3 is 0 Å². The van der Waals surface area contributed by atoms with E-state index < -0.39 is 0 Å². The lowest BCUT2D eigenvalue weighted by Gasteiger charge is -2.18. The maximum absolute atomic E-state index is 5.87. The van der Waals surface area contributed by atoms with E-state index in [0.29, 0.717) is 0 Å². The number of rotatable bonds is 7. The minimum atomic E-state index is 0.830. The summed E-state index contributed by atoms with van der Waals surface area (Å²) in [6.45, 7) is 6.44. The zero-order chi connectivity index (χ0) is 12.8. The van der Waals surface area contributed by atoms with Crippen LogP contribution in [0.25, 0.3) is 0 Å². The Balaban J connectivity index is 1.64. The Bertz CT molecular complexity index is 362. The Hall–Kier alpha value is -1.02. The molecule has 0 saturated heterocycles. The number of para-hydroxylation sites is 1. The Morgan fingerprint density at radius 3 is 2.83 bits per heavy atom. The molecule has 0 fully saturated rings. The van der Waals surface area contributed by atoms with E-state index in [1.807, 2.05) is 0 Å². The fourth-order valence-corrected chi connectivity index (χ4v) is 2.45. The molecule has 0 aliphatic carbocycles. The largest absolute Gasteiger partial charge is 0.273 e. The summed E-state index contributed by atoms with van der Waals surface area (Å²) >= 11 is 0. The molecule has 0 unspecified atom stereocenters. The van der Waals surface area contributed by atoms with Crippen LogP contribution in [0.2, 0.25) is 0 Å². The summed E-state index contributed by atoms with van der Waals surface area (Å²) in [5.41, 5.74) is 2.68. The van der Waals surface area contributed by atoms with Gasteiger partial charge in [-0.3, -0.25) is 9.90 Å². The van der Waals surface area contributed by atoms with Gasteiger partial charge in [0, 0.05) is 6.54 Å². The van der Waals surface area contributed by atoms with Gasteiger partial charge in [0.15, 0.2) is 0 Å². The molecule has 0 saturated carbocycles. The first-order valence-electron chi connectivity index (χ1n) is 7.25. The third kappa shape index (κ3) is 3.74. The van der Waals surface area contributed by atoms with Crippen molar-refractivity contribution in [3.63, 3.8) is 0 Å². The van der Waals surface area contributed by atoms with E-state index in [-0.39, 0.29) is 0 Å². The van der Waals surface area contributed by atoms with Crippen LogP contribution < -0.4 is 5.06 Å². The van der Waals surface area contributed by atoms with Crippen LogP contribution in [0.1, 0.15) is 45.1 Å². The lowest BCUT2D eigenvalue weighted by atomic mass is 10.1. The third-order valence-electron chi connectivity index (χ3n) is 3.52. The van der Waals surface area contributed by atoms with Crippen LogP contribution in [0, 0.1) is 5.92 Å². The van der Waals surface area contributed by atoms with Gasteiger partial charge < -0.3 is 0 Å². The first-order chi connectivity index (χ1) is 8.77. The summed E-state index contributed by atoms with van der Waals surface area (Å²) in [6, 6.07) is 8.54. The molecule has 2 nitrogen and oxygen atoms in total. The average Bonchev–Trinajstić information content (AvgIpc) is 2.77. The lowest BCUT2D eigenvalue weighted by Crippen LogP contribution is -2.21. The molecule has 1 aromatic carbocycles. The molecule has 0 amide bonds. The molecular formula is C16H25NO. The molecular weight excluding hydrogens is 222 g/mol. The predicted molar refractivity (Wildman–Crippen MR) is 76.8 cm³/mol. The second kappa shape index (κ2) is 6.79. The highest BCUT2D eigenvalue weighted by molar-refractivity contribution is 5.55. The quantitative estimate of drug-likeness (QED) is 0.670. The van der Waals surface area contributed by atoms with Crippen LogP contribution in [-0.4, -0.2) is 13.2 Å². The van der Waals surface area contributed by atoms with Gasteiger partial charge in [-0.2, -0.15) is 0 Å². The molecule has 0 aromatic heterocycles. The molecule has 1 aliphatic heterocycles. The number of hydrogen-bond acceptors (Lipinski definition) is 2. The number of anilines is 1. The van der Waals surface area contributed by atoms with Crippen molar-refractivity contribution in [2.45, 2.75) is 46.0 Å². The number of unbranched alkanes of at least 4 members (excludes halogenated alkanes) is 2. The summed E-state index contributed by atoms with van der Waals surface area (Å²) in [7, 11) is 0. The second-order valence-electron chi connectivity index (χ2n) is 5.56. The predicted octanol–water partition coefficient (Wildman–Crippen LogP) is 4.20. The van der Waals surface area contributed by atoms with Gasteiger partial charge in [0.25, 0.3) is 0 Å². The number of hydrogen-bond donors (Lipinski definition) is 0. The van der Waals surface area contributed by atoms with Crippen molar-refractivity contribution < 1.29 is 4.84 Å². The van der Waals surface area contributed by atoms with Gasteiger partial charge in [0.05, 0.1) is 12.3 Å². The van der Waals surface area contributed by atoms with Crippen molar-refractivity contribution in [3.8, 4) is 0 Å². The van der Waals surface area contributed by atoms with Crippen LogP contribution in [0.5, 0.6) is 0 Å². The first kappa shape index (κ1) is 13.4. The maximum Gasteiger partial charge on any atom is 0.0748 e. The van der Waals surface area contributed by atoms with Crippen LogP contribution in [0.15, 0.2) is 24.3 Å². The van der Waals surface area contributed by atoms with Crippen molar-refractivity contribution in [2.75, 3.05) is 18.2 Å². The smallest absolute Gasteiger partial charge is 0.0748 e. The fourth-order valence-electron chi connectivity index (χ4n) is 2.45. The third-order valence-corrected chi connectivity index (χ3v) is 3.52. The molecule has 1 heterocycles. The van der Waals surface area contributed by atoms with Crippen LogP contribution in [-0.2, 0) is 11.3 Å². The first-order valence-corrected chi connectivity index (χ1v) is 7.25. The van der Waals surface area contributed by atoms with Crippen LogP contribution >= 0.6 is 0 Å². The number of benzene rings is 1. The molecule has 2 rings (SSSR count). The van der Waals surface area contributed by atoms with Gasteiger partial charge in [-0.05, 0) is 30.4 Å². The zero-order valence-corrected chi connectivity index (χ0v) is 11.7. The summed E-state index contributed by atoms with van der Waals surface area (Å²) in [6.07, 6.45) is 6.24. The van der Waals surface area contributed by atoms with Crippen molar-refractivity contribution in [1.29, 1.82) is 0 Å². The molecule has 2 heteroatoms. The van der Waals surface area contributed by atoms with E-state index in [0.717, 1.165) is 25.5 Å². The molecule has 1 aromatic rings. The highest BCUT2D eigenvalue weighted by Crippen LogP contribution is 2.27. The summed E-state index contributed by atoms with van der Waals surface area (Å²) < 4.78 is 0. The number of fused-ring (bicyclic) bond motifs is 1. The second-order valence-corrected chi connectivity index (χ2v) is 5.56. The lowest BCUT2D eigenvalue weighted by molar-refractivity contribution is 0.109. The zero-order valence-electron chi connectivity index (χ0n) is 11.7. The highest BCUT2D eigenvalue weighted by atomic mass is 16.7. The molecule has 0 spiro atoms. The fraction of sp³-hybridized carbons (Fsp3) is 0.625.